The molecule has 0 fully saturated rings. The predicted molar refractivity (Wildman–Crippen MR) is 60.0 cm³/mol. The molecular formula is C11H14FN3O2. The summed E-state index contributed by atoms with van der Waals surface area (Å²) in [6.07, 6.45) is -0.233. The highest BCUT2D eigenvalue weighted by Gasteiger charge is 2.15. The van der Waals surface area contributed by atoms with Crippen LogP contribution in [-0.2, 0) is 16.1 Å². The third-order valence-electron chi connectivity index (χ3n) is 2.17. The molecule has 92 valence electrons. The largest absolute Gasteiger partial charge is 0.370 e. The van der Waals surface area contributed by atoms with E-state index in [9.17, 15) is 14.0 Å². The number of nitrogens with one attached hydrogen (secondary N) is 1. The van der Waals surface area contributed by atoms with Gasteiger partial charge in [-0.3, -0.25) is 9.59 Å². The fourth-order valence-electron chi connectivity index (χ4n) is 1.26. The van der Waals surface area contributed by atoms with Crippen molar-refractivity contribution in [2.45, 2.75) is 19.0 Å². The van der Waals surface area contributed by atoms with Gasteiger partial charge >= 0.3 is 0 Å². The lowest BCUT2D eigenvalue weighted by molar-refractivity contribution is -0.126. The number of halogens is 1. The Labute approximate surface area is 98.0 Å². The number of carbonyl (C=O) groups excluding carboxylic acids is 2. The van der Waals surface area contributed by atoms with Crippen LogP contribution in [0.25, 0.3) is 0 Å². The fraction of sp³-hybridized carbons (Fsp3) is 0.273. The SMILES string of the molecule is NC(=O)CC(N)C(=O)NCc1ccccc1F. The summed E-state index contributed by atoms with van der Waals surface area (Å²) in [7, 11) is 0. The number of hydrogen-bond donors (Lipinski definition) is 3. The van der Waals surface area contributed by atoms with Crippen molar-refractivity contribution in [3.63, 3.8) is 0 Å². The molecule has 0 aliphatic rings. The van der Waals surface area contributed by atoms with E-state index in [1.54, 1.807) is 18.2 Å². The average Bonchev–Trinajstić information content (AvgIpc) is 2.26. The number of primary amides is 1. The third-order valence-corrected chi connectivity index (χ3v) is 2.17. The van der Waals surface area contributed by atoms with E-state index in [0.29, 0.717) is 5.56 Å². The Kier molecular flexibility index (Phi) is 4.59. The van der Waals surface area contributed by atoms with Crippen LogP contribution in [0.15, 0.2) is 24.3 Å². The van der Waals surface area contributed by atoms with Crippen LogP contribution in [0, 0.1) is 5.82 Å². The van der Waals surface area contributed by atoms with Crippen molar-refractivity contribution >= 4 is 11.8 Å². The number of amides is 2. The fourth-order valence-corrected chi connectivity index (χ4v) is 1.26. The van der Waals surface area contributed by atoms with Gasteiger partial charge in [-0.15, -0.1) is 0 Å². The van der Waals surface area contributed by atoms with Crippen LogP contribution in [-0.4, -0.2) is 17.9 Å². The van der Waals surface area contributed by atoms with Gasteiger partial charge in [0.1, 0.15) is 5.82 Å². The second kappa shape index (κ2) is 5.95. The summed E-state index contributed by atoms with van der Waals surface area (Å²) >= 11 is 0. The molecule has 0 radical (unpaired) electrons. The first-order valence-electron chi connectivity index (χ1n) is 5.05. The van der Waals surface area contributed by atoms with Gasteiger partial charge in [0.05, 0.1) is 12.5 Å². The van der Waals surface area contributed by atoms with Gasteiger partial charge in [0, 0.05) is 12.1 Å². The van der Waals surface area contributed by atoms with Crippen LogP contribution >= 0.6 is 0 Å². The van der Waals surface area contributed by atoms with E-state index in [-0.39, 0.29) is 13.0 Å². The van der Waals surface area contributed by atoms with Crippen LogP contribution in [0.5, 0.6) is 0 Å². The van der Waals surface area contributed by atoms with Crippen molar-refractivity contribution in [2.75, 3.05) is 0 Å². The Morgan fingerprint density at radius 1 is 1.35 bits per heavy atom. The molecule has 6 heteroatoms. The zero-order valence-electron chi connectivity index (χ0n) is 9.15. The summed E-state index contributed by atoms with van der Waals surface area (Å²) in [6, 6.07) is 5.06. The Bertz CT molecular complexity index is 423. The molecular weight excluding hydrogens is 225 g/mol. The molecule has 5 nitrogen and oxygen atoms in total. The number of benzene rings is 1. The van der Waals surface area contributed by atoms with Crippen molar-refractivity contribution in [3.05, 3.63) is 35.6 Å². The van der Waals surface area contributed by atoms with E-state index in [4.69, 9.17) is 11.5 Å². The Morgan fingerprint density at radius 2 is 2.00 bits per heavy atom. The van der Waals surface area contributed by atoms with Gasteiger partial charge in [-0.2, -0.15) is 0 Å². The van der Waals surface area contributed by atoms with Crippen LogP contribution in [0.4, 0.5) is 4.39 Å². The molecule has 1 aromatic rings. The second-order valence-corrected chi connectivity index (χ2v) is 3.59. The third kappa shape index (κ3) is 4.20. The molecule has 0 saturated carbocycles. The van der Waals surface area contributed by atoms with E-state index in [1.807, 2.05) is 0 Å². The van der Waals surface area contributed by atoms with Crippen molar-refractivity contribution in [1.29, 1.82) is 0 Å². The van der Waals surface area contributed by atoms with Gasteiger partial charge in [0.2, 0.25) is 11.8 Å². The van der Waals surface area contributed by atoms with Crippen LogP contribution < -0.4 is 16.8 Å². The summed E-state index contributed by atoms with van der Waals surface area (Å²) in [4.78, 5) is 21.9. The van der Waals surface area contributed by atoms with Gasteiger partial charge in [0.25, 0.3) is 0 Å². The Morgan fingerprint density at radius 3 is 2.59 bits per heavy atom. The highest BCUT2D eigenvalue weighted by atomic mass is 19.1. The Balaban J connectivity index is 2.48. The predicted octanol–water partition coefficient (Wildman–Crippen LogP) is -0.355. The highest BCUT2D eigenvalue weighted by Crippen LogP contribution is 2.05. The lowest BCUT2D eigenvalue weighted by Crippen LogP contribution is -2.42. The van der Waals surface area contributed by atoms with Gasteiger partial charge in [-0.1, -0.05) is 18.2 Å². The summed E-state index contributed by atoms with van der Waals surface area (Å²) in [5.74, 6) is -1.60. The lowest BCUT2D eigenvalue weighted by Gasteiger charge is -2.10. The molecule has 5 N–H and O–H groups in total. The molecule has 0 aromatic heterocycles. The van der Waals surface area contributed by atoms with Gasteiger partial charge in [-0.25, -0.2) is 4.39 Å². The van der Waals surface area contributed by atoms with E-state index >= 15 is 0 Å². The summed E-state index contributed by atoms with van der Waals surface area (Å²) < 4.78 is 13.2. The van der Waals surface area contributed by atoms with Crippen LogP contribution in [0.1, 0.15) is 12.0 Å². The molecule has 0 saturated heterocycles. The Hall–Kier alpha value is -1.95. The maximum Gasteiger partial charge on any atom is 0.237 e. The lowest BCUT2D eigenvalue weighted by atomic mass is 10.2. The molecule has 17 heavy (non-hydrogen) atoms. The topological polar surface area (TPSA) is 98.2 Å². The number of rotatable bonds is 5. The summed E-state index contributed by atoms with van der Waals surface area (Å²) in [5.41, 5.74) is 10.7. The molecule has 0 aliphatic heterocycles. The van der Waals surface area contributed by atoms with Gasteiger partial charge in [-0.05, 0) is 6.07 Å². The van der Waals surface area contributed by atoms with E-state index < -0.39 is 23.7 Å². The number of carbonyl (C=O) groups is 2. The normalized spacial score (nSPS) is 11.9. The summed E-state index contributed by atoms with van der Waals surface area (Å²) in [6.45, 7) is 0.0258. The molecule has 1 atom stereocenters. The monoisotopic (exact) mass is 239 g/mol. The van der Waals surface area contributed by atoms with Gasteiger partial charge in [0.15, 0.2) is 0 Å². The number of nitrogens with two attached hydrogens (primary N) is 2. The zero-order chi connectivity index (χ0) is 12.8. The quantitative estimate of drug-likeness (QED) is 0.654. The molecule has 2 amide bonds. The van der Waals surface area contributed by atoms with Gasteiger partial charge < -0.3 is 16.8 Å². The second-order valence-electron chi connectivity index (χ2n) is 3.59. The standard InChI is InChI=1S/C11H14FN3O2/c12-8-4-2-1-3-7(8)6-15-11(17)9(13)5-10(14)16/h1-4,9H,5-6,13H2,(H2,14,16)(H,15,17). The molecule has 1 unspecified atom stereocenters. The van der Waals surface area contributed by atoms with E-state index in [2.05, 4.69) is 5.32 Å². The van der Waals surface area contributed by atoms with Crippen molar-refractivity contribution in [2.24, 2.45) is 11.5 Å². The smallest absolute Gasteiger partial charge is 0.237 e. The van der Waals surface area contributed by atoms with Crippen molar-refractivity contribution in [3.8, 4) is 0 Å². The van der Waals surface area contributed by atoms with Crippen molar-refractivity contribution < 1.29 is 14.0 Å². The van der Waals surface area contributed by atoms with Crippen LogP contribution in [0.2, 0.25) is 0 Å². The highest BCUT2D eigenvalue weighted by molar-refractivity contribution is 5.87. The molecule has 1 aromatic carbocycles. The minimum Gasteiger partial charge on any atom is -0.370 e. The molecule has 0 aliphatic carbocycles. The van der Waals surface area contributed by atoms with Crippen LogP contribution in [0.3, 0.4) is 0 Å². The first-order chi connectivity index (χ1) is 8.00. The zero-order valence-corrected chi connectivity index (χ0v) is 9.15. The van der Waals surface area contributed by atoms with E-state index in [1.165, 1.54) is 6.07 Å². The van der Waals surface area contributed by atoms with E-state index in [0.717, 1.165) is 0 Å². The first-order valence-corrected chi connectivity index (χ1v) is 5.05. The first kappa shape index (κ1) is 13.1. The van der Waals surface area contributed by atoms with Crippen molar-refractivity contribution in [1.82, 2.24) is 5.32 Å². The minimum absolute atomic E-state index is 0.0258. The maximum atomic E-state index is 13.2. The molecule has 0 bridgehead atoms. The average molecular weight is 239 g/mol. The molecule has 0 spiro atoms. The molecule has 0 heterocycles. The summed E-state index contributed by atoms with van der Waals surface area (Å²) in [5, 5.41) is 2.43. The maximum absolute atomic E-state index is 13.2. The minimum atomic E-state index is -1.00. The number of hydrogen-bond acceptors (Lipinski definition) is 3. The molecule has 1 rings (SSSR count).